The van der Waals surface area contributed by atoms with Gasteiger partial charge in [-0.05, 0) is 44.4 Å². The summed E-state index contributed by atoms with van der Waals surface area (Å²) in [6.07, 6.45) is 1.50. The van der Waals surface area contributed by atoms with Gasteiger partial charge in [-0.2, -0.15) is 0 Å². The molecule has 0 spiro atoms. The molecule has 0 saturated carbocycles. The van der Waals surface area contributed by atoms with Crippen molar-refractivity contribution in [3.63, 3.8) is 0 Å². The van der Waals surface area contributed by atoms with Crippen LogP contribution in [-0.2, 0) is 5.41 Å². The van der Waals surface area contributed by atoms with Crippen molar-refractivity contribution < 1.29 is 23.5 Å². The van der Waals surface area contributed by atoms with E-state index >= 15 is 0 Å². The Hall–Kier alpha value is -4.05. The number of rotatable bonds is 4. The number of aromatic nitrogens is 3. The molecule has 1 amide bonds. The summed E-state index contributed by atoms with van der Waals surface area (Å²) >= 11 is 5.89. The number of aromatic carboxylic acids is 1. The Morgan fingerprint density at radius 1 is 1.12 bits per heavy atom. The molecule has 1 N–H and O–H groups in total. The monoisotopic (exact) mass is 579 g/mol. The van der Waals surface area contributed by atoms with E-state index in [-0.39, 0.29) is 27.8 Å². The van der Waals surface area contributed by atoms with E-state index in [2.05, 4.69) is 9.97 Å². The van der Waals surface area contributed by atoms with Gasteiger partial charge in [0.1, 0.15) is 11.3 Å². The minimum Gasteiger partial charge on any atom is -0.476 e. The van der Waals surface area contributed by atoms with E-state index in [9.17, 15) is 19.1 Å². The van der Waals surface area contributed by atoms with Crippen LogP contribution in [0.1, 0.15) is 66.8 Å². The number of nitrogens with zero attached hydrogens (tertiary/aromatic N) is 5. The Kier molecular flexibility index (Phi) is 7.01. The highest BCUT2D eigenvalue weighted by Gasteiger charge is 2.39. The number of pyridine rings is 1. The molecule has 0 atom stereocenters. The first-order valence-corrected chi connectivity index (χ1v) is 13.6. The van der Waals surface area contributed by atoms with Crippen LogP contribution >= 0.6 is 11.6 Å². The number of benzene rings is 1. The predicted molar refractivity (Wildman–Crippen MR) is 154 cm³/mol. The van der Waals surface area contributed by atoms with E-state index in [0.29, 0.717) is 53.5 Å². The smallest absolute Gasteiger partial charge is 0.354 e. The van der Waals surface area contributed by atoms with E-state index in [0.717, 1.165) is 5.56 Å². The third-order valence-corrected chi connectivity index (χ3v) is 7.61. The highest BCUT2D eigenvalue weighted by molar-refractivity contribution is 6.30. The molecular formula is C30H31ClFN5O4. The highest BCUT2D eigenvalue weighted by Crippen LogP contribution is 2.36. The molecule has 1 aromatic carbocycles. The molecule has 4 aromatic rings. The Labute approximate surface area is 242 Å². The van der Waals surface area contributed by atoms with Crippen LogP contribution in [0.25, 0.3) is 22.4 Å². The van der Waals surface area contributed by atoms with E-state index in [1.54, 1.807) is 24.0 Å². The van der Waals surface area contributed by atoms with Crippen LogP contribution in [0.4, 0.5) is 10.3 Å². The molecule has 214 valence electrons. The minimum absolute atomic E-state index is 0.0287. The van der Waals surface area contributed by atoms with Gasteiger partial charge in [-0.3, -0.25) is 4.79 Å². The summed E-state index contributed by atoms with van der Waals surface area (Å²) in [6.45, 7) is 12.7. The number of fused-ring (bicyclic) bond motifs is 1. The van der Waals surface area contributed by atoms with Crippen LogP contribution in [0.3, 0.4) is 0 Å². The van der Waals surface area contributed by atoms with Gasteiger partial charge in [0.25, 0.3) is 5.91 Å². The van der Waals surface area contributed by atoms with E-state index < -0.39 is 17.3 Å². The number of amides is 1. The molecule has 9 nitrogen and oxygen atoms in total. The normalized spacial score (nSPS) is 15.4. The van der Waals surface area contributed by atoms with Crippen molar-refractivity contribution in [1.29, 1.82) is 0 Å². The molecule has 1 aliphatic rings. The lowest BCUT2D eigenvalue weighted by atomic mass is 9.86. The van der Waals surface area contributed by atoms with Gasteiger partial charge in [0.15, 0.2) is 17.0 Å². The molecule has 1 aliphatic heterocycles. The third-order valence-electron chi connectivity index (χ3n) is 7.30. The molecule has 4 heterocycles. The van der Waals surface area contributed by atoms with Crippen LogP contribution in [-0.4, -0.2) is 62.0 Å². The second kappa shape index (κ2) is 10.1. The number of carboxylic acids is 1. The molecule has 1 saturated heterocycles. The summed E-state index contributed by atoms with van der Waals surface area (Å²) < 4.78 is 20.4. The summed E-state index contributed by atoms with van der Waals surface area (Å²) in [5, 5.41) is 9.50. The molecule has 41 heavy (non-hydrogen) atoms. The zero-order chi connectivity index (χ0) is 29.9. The lowest BCUT2D eigenvalue weighted by molar-refractivity contribution is 0.0482. The zero-order valence-corrected chi connectivity index (χ0v) is 24.5. The van der Waals surface area contributed by atoms with E-state index in [1.807, 2.05) is 45.6 Å². The SMILES string of the molecule is Cc1cnc(N2CCN(C(=O)c3cc4nc(-c5ccc(Cl)c(F)c5)cc(C(C)(C)C)c4o3)C(C)(C)C2)nc1C(=O)O. The number of halogens is 2. The average Bonchev–Trinajstić information content (AvgIpc) is 3.32. The van der Waals surface area contributed by atoms with Crippen molar-refractivity contribution in [2.45, 2.75) is 52.5 Å². The van der Waals surface area contributed by atoms with Gasteiger partial charge in [-0.15, -0.1) is 0 Å². The lowest BCUT2D eigenvalue weighted by Crippen LogP contribution is -2.61. The van der Waals surface area contributed by atoms with Crippen LogP contribution in [0.2, 0.25) is 5.02 Å². The van der Waals surface area contributed by atoms with Gasteiger partial charge in [-0.25, -0.2) is 24.1 Å². The number of piperazine rings is 1. The summed E-state index contributed by atoms with van der Waals surface area (Å²) in [6, 6.07) is 8.03. The second-order valence-corrected chi connectivity index (χ2v) is 12.4. The van der Waals surface area contributed by atoms with Crippen LogP contribution in [0.15, 0.2) is 40.9 Å². The van der Waals surface area contributed by atoms with Gasteiger partial charge in [-0.1, -0.05) is 38.4 Å². The fraction of sp³-hybridized carbons (Fsp3) is 0.367. The molecular weight excluding hydrogens is 549 g/mol. The fourth-order valence-corrected chi connectivity index (χ4v) is 5.24. The van der Waals surface area contributed by atoms with Crippen molar-refractivity contribution in [2.24, 2.45) is 0 Å². The van der Waals surface area contributed by atoms with E-state index in [1.165, 1.54) is 18.3 Å². The maximum atomic E-state index is 14.2. The van der Waals surface area contributed by atoms with Crippen LogP contribution < -0.4 is 4.90 Å². The quantitative estimate of drug-likeness (QED) is 0.307. The van der Waals surface area contributed by atoms with Gasteiger partial charge < -0.3 is 19.3 Å². The van der Waals surface area contributed by atoms with Crippen molar-refractivity contribution >= 4 is 40.5 Å². The first kappa shape index (κ1) is 28.5. The first-order valence-electron chi connectivity index (χ1n) is 13.2. The van der Waals surface area contributed by atoms with Crippen molar-refractivity contribution in [3.8, 4) is 11.3 Å². The molecule has 0 bridgehead atoms. The number of carboxylic acid groups (broad SMARTS) is 1. The molecule has 11 heteroatoms. The molecule has 0 unspecified atom stereocenters. The summed E-state index contributed by atoms with van der Waals surface area (Å²) in [5.74, 6) is -1.48. The summed E-state index contributed by atoms with van der Waals surface area (Å²) in [7, 11) is 0. The third kappa shape index (κ3) is 5.36. The van der Waals surface area contributed by atoms with Crippen molar-refractivity contribution in [3.05, 3.63) is 69.9 Å². The number of hydrogen-bond acceptors (Lipinski definition) is 7. The van der Waals surface area contributed by atoms with Crippen molar-refractivity contribution in [1.82, 2.24) is 19.9 Å². The number of carbonyl (C=O) groups excluding carboxylic acids is 1. The predicted octanol–water partition coefficient (Wildman–Crippen LogP) is 6.12. The maximum Gasteiger partial charge on any atom is 0.354 e. The van der Waals surface area contributed by atoms with Gasteiger partial charge in [0.05, 0.1) is 16.3 Å². The maximum absolute atomic E-state index is 14.2. The lowest BCUT2D eigenvalue weighted by Gasteiger charge is -2.46. The number of aryl methyl sites for hydroxylation is 1. The summed E-state index contributed by atoms with van der Waals surface area (Å²) in [5.41, 5.74) is 2.37. The first-order chi connectivity index (χ1) is 19.2. The molecule has 5 rings (SSSR count). The van der Waals surface area contributed by atoms with E-state index in [4.69, 9.17) is 21.0 Å². The second-order valence-electron chi connectivity index (χ2n) is 12.0. The Morgan fingerprint density at radius 2 is 1.85 bits per heavy atom. The highest BCUT2D eigenvalue weighted by atomic mass is 35.5. The molecule has 0 aliphatic carbocycles. The van der Waals surface area contributed by atoms with Crippen LogP contribution in [0.5, 0.6) is 0 Å². The molecule has 0 radical (unpaired) electrons. The Bertz CT molecular complexity index is 1690. The Morgan fingerprint density at radius 3 is 2.49 bits per heavy atom. The molecule has 1 fully saturated rings. The number of carbonyl (C=O) groups is 2. The fourth-order valence-electron chi connectivity index (χ4n) is 5.12. The average molecular weight is 580 g/mol. The number of anilines is 1. The number of hydrogen-bond donors (Lipinski definition) is 1. The largest absolute Gasteiger partial charge is 0.476 e. The van der Waals surface area contributed by atoms with Crippen molar-refractivity contribution in [2.75, 3.05) is 24.5 Å². The standard InChI is InChI=1S/C30H31ClFN5O4/c1-16-14-33-28(35-24(16)27(39)40)36-9-10-37(30(5,6)15-36)26(38)23-13-22-25(41-23)18(29(2,3)4)12-21(34-22)17-7-8-19(31)20(32)11-17/h7-8,11-14H,9-10,15H2,1-6H3,(H,39,40). The molecule has 3 aromatic heterocycles. The number of furan rings is 1. The Balaban J connectivity index is 1.47. The topological polar surface area (TPSA) is 113 Å². The zero-order valence-electron chi connectivity index (χ0n) is 23.7. The van der Waals surface area contributed by atoms with Crippen LogP contribution in [0, 0.1) is 12.7 Å². The van der Waals surface area contributed by atoms with Gasteiger partial charge >= 0.3 is 5.97 Å². The minimum atomic E-state index is -1.11. The summed E-state index contributed by atoms with van der Waals surface area (Å²) in [4.78, 5) is 42.3. The van der Waals surface area contributed by atoms with Gasteiger partial charge in [0.2, 0.25) is 5.95 Å². The van der Waals surface area contributed by atoms with Gasteiger partial charge in [0, 0.05) is 48.6 Å².